The molecule has 1 fully saturated rings. The number of phosphoric acid groups is 1. The van der Waals surface area contributed by atoms with E-state index in [-0.39, 0.29) is 6.42 Å². The molecule has 1 rings (SSSR count). The molecule has 1 heterocycles. The lowest BCUT2D eigenvalue weighted by molar-refractivity contribution is -0.256. The highest BCUT2D eigenvalue weighted by Crippen LogP contribution is 2.42. The Bertz CT molecular complexity index is 890. The van der Waals surface area contributed by atoms with Gasteiger partial charge in [-0.2, -0.15) is 0 Å². The van der Waals surface area contributed by atoms with Crippen LogP contribution < -0.4 is 5.32 Å². The second kappa shape index (κ2) is 26.6. The van der Waals surface area contributed by atoms with E-state index in [2.05, 4.69) is 19.2 Å². The van der Waals surface area contributed by atoms with Gasteiger partial charge in [0.2, 0.25) is 5.91 Å². The van der Waals surface area contributed by atoms with E-state index >= 15 is 0 Å². The molecule has 0 bridgehead atoms. The van der Waals surface area contributed by atoms with E-state index < -0.39 is 75.6 Å². The predicted octanol–water partition coefficient (Wildman–Crippen LogP) is 4.91. The second-order valence-electron chi connectivity index (χ2n) is 13.3. The lowest BCUT2D eigenvalue weighted by Gasteiger charge is -2.43. The van der Waals surface area contributed by atoms with E-state index in [1.807, 2.05) is 0 Å². The van der Waals surface area contributed by atoms with Gasteiger partial charge in [-0.25, -0.2) is 4.57 Å². The lowest BCUT2D eigenvalue weighted by atomic mass is 9.96. The van der Waals surface area contributed by atoms with Gasteiger partial charge >= 0.3 is 13.8 Å². The molecular weight excluding hydrogens is 645 g/mol. The molecule has 0 aliphatic carbocycles. The molecule has 7 N–H and O–H groups in total. The van der Waals surface area contributed by atoms with Crippen molar-refractivity contribution in [3.8, 4) is 0 Å². The summed E-state index contributed by atoms with van der Waals surface area (Å²) in [5.74, 6) is -1.66. The van der Waals surface area contributed by atoms with Crippen molar-refractivity contribution >= 4 is 19.7 Å². The zero-order valence-corrected chi connectivity index (χ0v) is 30.3. The number of aliphatic hydroxyl groups excluding tert-OH is 4. The summed E-state index contributed by atoms with van der Waals surface area (Å²) in [5.41, 5.74) is 0. The number of amides is 1. The number of carbonyl (C=O) groups excluding carboxylic acids is 2. The number of nitrogens with one attached hydrogen (secondary N) is 1. The van der Waals surface area contributed by atoms with Gasteiger partial charge in [-0.05, 0) is 12.8 Å². The van der Waals surface area contributed by atoms with Crippen molar-refractivity contribution in [2.75, 3.05) is 6.61 Å². The van der Waals surface area contributed by atoms with E-state index in [1.54, 1.807) is 0 Å². The standard InChI is InChI=1S/C34H66NO12P/c1-3-5-7-9-11-13-15-17-19-21-26(37)23-29(39)35-31-33(32(47-48(42,43)44)28(25-36)45-34(31)41)46-30(40)24-27(38)22-20-18-16-14-12-10-8-6-4-2/h26-28,31-34,36-38,41H,3-25H2,1-2H3,(H,35,39)(H2,42,43,44)/t26-,27-,28-,31-,32-,33-,34+/m1/s1. The molecule has 7 atom stereocenters. The smallest absolute Gasteiger partial charge is 0.457 e. The number of aliphatic hydroxyl groups is 4. The van der Waals surface area contributed by atoms with Crippen LogP contribution in [0.2, 0.25) is 0 Å². The second-order valence-corrected chi connectivity index (χ2v) is 14.5. The van der Waals surface area contributed by atoms with Crippen LogP contribution in [0.3, 0.4) is 0 Å². The Balaban J connectivity index is 2.70. The molecule has 0 aromatic carbocycles. The summed E-state index contributed by atoms with van der Waals surface area (Å²) in [5, 5.41) is 43.8. The van der Waals surface area contributed by atoms with Gasteiger partial charge in [0, 0.05) is 0 Å². The topological polar surface area (TPSA) is 212 Å². The van der Waals surface area contributed by atoms with Crippen molar-refractivity contribution in [3.63, 3.8) is 0 Å². The van der Waals surface area contributed by atoms with Gasteiger partial charge < -0.3 is 45.0 Å². The molecule has 1 amide bonds. The van der Waals surface area contributed by atoms with Crippen molar-refractivity contribution in [3.05, 3.63) is 0 Å². The maximum Gasteiger partial charge on any atom is 0.470 e. The Morgan fingerprint density at radius 3 is 1.60 bits per heavy atom. The van der Waals surface area contributed by atoms with E-state index in [0.717, 1.165) is 44.9 Å². The summed E-state index contributed by atoms with van der Waals surface area (Å²) in [6.07, 6.45) is 10.9. The molecule has 14 heteroatoms. The number of esters is 1. The Labute approximate surface area is 287 Å². The Morgan fingerprint density at radius 2 is 1.17 bits per heavy atom. The summed E-state index contributed by atoms with van der Waals surface area (Å²) in [4.78, 5) is 44.8. The summed E-state index contributed by atoms with van der Waals surface area (Å²) >= 11 is 0. The molecule has 0 spiro atoms. The summed E-state index contributed by atoms with van der Waals surface area (Å²) in [6.45, 7) is 3.51. The largest absolute Gasteiger partial charge is 0.470 e. The van der Waals surface area contributed by atoms with Gasteiger partial charge in [-0.15, -0.1) is 0 Å². The average Bonchev–Trinajstić information content (AvgIpc) is 3.01. The van der Waals surface area contributed by atoms with Crippen LogP contribution in [0, 0.1) is 0 Å². The third-order valence-corrected chi connectivity index (χ3v) is 9.32. The van der Waals surface area contributed by atoms with Crippen molar-refractivity contribution in [1.82, 2.24) is 5.32 Å². The third-order valence-electron chi connectivity index (χ3n) is 8.80. The number of carbonyl (C=O) groups is 2. The fourth-order valence-electron chi connectivity index (χ4n) is 6.08. The molecule has 1 saturated heterocycles. The Hall–Kier alpha value is -1.15. The van der Waals surface area contributed by atoms with Crippen molar-refractivity contribution in [2.45, 2.75) is 198 Å². The number of phosphoric ester groups is 1. The summed E-state index contributed by atoms with van der Waals surface area (Å²) < 4.78 is 27.3. The molecule has 1 aliphatic rings. The number of rotatable bonds is 29. The van der Waals surface area contributed by atoms with Gasteiger partial charge in [0.25, 0.3) is 0 Å². The van der Waals surface area contributed by atoms with E-state index in [9.17, 15) is 44.4 Å². The maximum atomic E-state index is 12.9. The first-order chi connectivity index (χ1) is 22.9. The lowest BCUT2D eigenvalue weighted by Crippen LogP contribution is -2.65. The van der Waals surface area contributed by atoms with Gasteiger partial charge in [-0.3, -0.25) is 14.1 Å². The van der Waals surface area contributed by atoms with Crippen LogP contribution in [0.1, 0.15) is 155 Å². The van der Waals surface area contributed by atoms with Crippen LogP contribution in [-0.4, -0.2) is 91.5 Å². The van der Waals surface area contributed by atoms with Crippen molar-refractivity contribution in [2.24, 2.45) is 0 Å². The highest BCUT2D eigenvalue weighted by atomic mass is 31.2. The van der Waals surface area contributed by atoms with Crippen LogP contribution in [0.25, 0.3) is 0 Å². The number of unbranched alkanes of at least 4 members (excludes halogenated alkanes) is 16. The molecule has 0 aromatic rings. The third kappa shape index (κ3) is 21.2. The summed E-state index contributed by atoms with van der Waals surface area (Å²) in [7, 11) is -5.22. The highest BCUT2D eigenvalue weighted by Gasteiger charge is 2.51. The SMILES string of the molecule is CCCCCCCCCCC[C@@H](O)CC(=O)N[C@@H]1[C@@H](OC(=O)C[C@H](O)CCCCCCCCCCC)[C@H](OP(=O)(O)O)[C@@H](CO)O[C@@H]1O. The minimum atomic E-state index is -5.22. The van der Waals surface area contributed by atoms with Gasteiger partial charge in [0.15, 0.2) is 12.4 Å². The molecule has 0 aromatic heterocycles. The Morgan fingerprint density at radius 1 is 0.729 bits per heavy atom. The fourth-order valence-corrected chi connectivity index (χ4v) is 6.66. The van der Waals surface area contributed by atoms with Gasteiger partial charge in [0.1, 0.15) is 18.2 Å². The molecule has 284 valence electrons. The normalized spacial score (nSPS) is 22.7. The van der Waals surface area contributed by atoms with Crippen LogP contribution in [-0.2, 0) is 28.2 Å². The fraction of sp³-hybridized carbons (Fsp3) is 0.941. The quantitative estimate of drug-likeness (QED) is 0.0313. The van der Waals surface area contributed by atoms with Gasteiger partial charge in [0.05, 0.1) is 31.7 Å². The van der Waals surface area contributed by atoms with E-state index in [4.69, 9.17) is 14.0 Å². The number of hydrogen-bond acceptors (Lipinski definition) is 10. The van der Waals surface area contributed by atoms with E-state index in [0.29, 0.717) is 19.3 Å². The maximum absolute atomic E-state index is 12.9. The number of ether oxygens (including phenoxy) is 2. The first-order valence-corrected chi connectivity index (χ1v) is 20.0. The first kappa shape index (κ1) is 44.9. The minimum absolute atomic E-state index is 0.328. The van der Waals surface area contributed by atoms with E-state index in [1.165, 1.54) is 64.2 Å². The predicted molar refractivity (Wildman–Crippen MR) is 182 cm³/mol. The first-order valence-electron chi connectivity index (χ1n) is 18.4. The van der Waals surface area contributed by atoms with Crippen LogP contribution in [0.5, 0.6) is 0 Å². The van der Waals surface area contributed by atoms with Crippen molar-refractivity contribution < 1.29 is 58.4 Å². The molecule has 13 nitrogen and oxygen atoms in total. The molecule has 0 radical (unpaired) electrons. The average molecular weight is 712 g/mol. The summed E-state index contributed by atoms with van der Waals surface area (Å²) in [6, 6.07) is -1.55. The van der Waals surface area contributed by atoms with Crippen LogP contribution in [0.15, 0.2) is 0 Å². The Kier molecular flexibility index (Phi) is 24.9. The van der Waals surface area contributed by atoms with Crippen LogP contribution in [0.4, 0.5) is 0 Å². The number of hydrogen-bond donors (Lipinski definition) is 7. The minimum Gasteiger partial charge on any atom is -0.457 e. The molecular formula is C34H66NO12P. The monoisotopic (exact) mass is 711 g/mol. The molecule has 1 aliphatic heterocycles. The zero-order chi connectivity index (χ0) is 35.8. The van der Waals surface area contributed by atoms with Crippen LogP contribution >= 0.6 is 7.82 Å². The molecule has 0 unspecified atom stereocenters. The van der Waals surface area contributed by atoms with Gasteiger partial charge in [-0.1, -0.05) is 129 Å². The molecule has 0 saturated carbocycles. The highest BCUT2D eigenvalue weighted by molar-refractivity contribution is 7.46. The zero-order valence-electron chi connectivity index (χ0n) is 29.4. The molecule has 48 heavy (non-hydrogen) atoms. The van der Waals surface area contributed by atoms with Crippen molar-refractivity contribution in [1.29, 1.82) is 0 Å².